The fourth-order valence-electron chi connectivity index (χ4n) is 1.87. The van der Waals surface area contributed by atoms with Crippen molar-refractivity contribution in [1.82, 2.24) is 9.38 Å². The van der Waals surface area contributed by atoms with Crippen molar-refractivity contribution in [1.29, 1.82) is 0 Å². The second-order valence-corrected chi connectivity index (χ2v) is 4.57. The summed E-state index contributed by atoms with van der Waals surface area (Å²) in [6.45, 7) is 3.37. The van der Waals surface area contributed by atoms with Gasteiger partial charge in [-0.15, -0.1) is 0 Å². The summed E-state index contributed by atoms with van der Waals surface area (Å²) in [4.78, 5) is 8.82. The minimum absolute atomic E-state index is 0.665. The van der Waals surface area contributed by atoms with Gasteiger partial charge in [0.15, 0.2) is 0 Å². The molecule has 0 atom stereocenters. The third kappa shape index (κ3) is 1.43. The van der Waals surface area contributed by atoms with Crippen molar-refractivity contribution in [2.75, 3.05) is 13.2 Å². The summed E-state index contributed by atoms with van der Waals surface area (Å²) in [5.74, 6) is 0.701. The van der Waals surface area contributed by atoms with Crippen molar-refractivity contribution in [3.05, 3.63) is 34.2 Å². The molecular weight excluding hydrogens is 270 g/mol. The van der Waals surface area contributed by atoms with E-state index in [-0.39, 0.29) is 0 Å². The van der Waals surface area contributed by atoms with Crippen molar-refractivity contribution < 1.29 is 4.74 Å². The first kappa shape index (κ1) is 9.84. The minimum Gasteiger partial charge on any atom is -0.474 e. The van der Waals surface area contributed by atoms with Crippen LogP contribution in [0.3, 0.4) is 0 Å². The molecule has 0 unspecified atom stereocenters. The van der Waals surface area contributed by atoms with Crippen LogP contribution in [0.15, 0.2) is 27.8 Å². The summed E-state index contributed by atoms with van der Waals surface area (Å²) in [5, 5.41) is 0. The smallest absolute Gasteiger partial charge is 0.235 e. The fraction of sp³-hybridized carbons (Fsp3) is 0.273. The van der Waals surface area contributed by atoms with Crippen LogP contribution >= 0.6 is 15.9 Å². The number of hydrogen-bond donors (Lipinski definition) is 0. The van der Waals surface area contributed by atoms with E-state index in [9.17, 15) is 0 Å². The molecule has 82 valence electrons. The molecule has 0 aromatic carbocycles. The molecule has 16 heavy (non-hydrogen) atoms. The Morgan fingerprint density at radius 3 is 3.12 bits per heavy atom. The molecular formula is C11H10BrN3O. The highest BCUT2D eigenvalue weighted by atomic mass is 79.9. The van der Waals surface area contributed by atoms with Gasteiger partial charge in [-0.05, 0) is 19.1 Å². The fourth-order valence-corrected chi connectivity index (χ4v) is 2.20. The minimum atomic E-state index is 0.665. The van der Waals surface area contributed by atoms with Crippen molar-refractivity contribution in [2.24, 2.45) is 4.99 Å². The molecule has 0 aliphatic carbocycles. The zero-order chi connectivity index (χ0) is 11.1. The largest absolute Gasteiger partial charge is 0.474 e. The Bertz CT molecular complexity index is 588. The van der Waals surface area contributed by atoms with E-state index in [1.54, 1.807) is 0 Å². The maximum Gasteiger partial charge on any atom is 0.235 e. The van der Waals surface area contributed by atoms with Crippen LogP contribution in [0.25, 0.3) is 5.65 Å². The van der Waals surface area contributed by atoms with Gasteiger partial charge in [0, 0.05) is 10.7 Å². The van der Waals surface area contributed by atoms with Crippen molar-refractivity contribution in [3.8, 4) is 0 Å². The first-order valence-corrected chi connectivity index (χ1v) is 5.87. The molecule has 0 N–H and O–H groups in total. The number of pyridine rings is 1. The van der Waals surface area contributed by atoms with Crippen LogP contribution in [0, 0.1) is 6.92 Å². The first-order valence-electron chi connectivity index (χ1n) is 5.07. The molecule has 1 aliphatic rings. The van der Waals surface area contributed by atoms with E-state index in [1.165, 1.54) is 0 Å². The van der Waals surface area contributed by atoms with Gasteiger partial charge in [0.1, 0.15) is 17.9 Å². The Kier molecular flexibility index (Phi) is 2.21. The van der Waals surface area contributed by atoms with E-state index < -0.39 is 0 Å². The van der Waals surface area contributed by atoms with Gasteiger partial charge in [-0.25, -0.2) is 9.98 Å². The second-order valence-electron chi connectivity index (χ2n) is 3.65. The number of hydrogen-bond acceptors (Lipinski definition) is 3. The second kappa shape index (κ2) is 3.59. The number of aliphatic imine (C=N–C) groups is 1. The van der Waals surface area contributed by atoms with Crippen LogP contribution in [-0.2, 0) is 4.74 Å². The van der Waals surface area contributed by atoms with Crippen LogP contribution in [0.2, 0.25) is 0 Å². The SMILES string of the molecule is Cc1nc2cc(Br)ccn2c1C1=NCCO1. The highest BCUT2D eigenvalue weighted by molar-refractivity contribution is 9.10. The number of rotatable bonds is 1. The van der Waals surface area contributed by atoms with Gasteiger partial charge in [-0.1, -0.05) is 15.9 Å². The number of aryl methyl sites for hydroxylation is 1. The van der Waals surface area contributed by atoms with Crippen molar-refractivity contribution in [3.63, 3.8) is 0 Å². The quantitative estimate of drug-likeness (QED) is 0.803. The highest BCUT2D eigenvalue weighted by Gasteiger charge is 2.18. The molecule has 0 spiro atoms. The van der Waals surface area contributed by atoms with Gasteiger partial charge >= 0.3 is 0 Å². The Morgan fingerprint density at radius 2 is 2.38 bits per heavy atom. The third-order valence-corrected chi connectivity index (χ3v) is 3.04. The monoisotopic (exact) mass is 279 g/mol. The average Bonchev–Trinajstić information content (AvgIpc) is 2.83. The Labute approximate surface area is 101 Å². The maximum absolute atomic E-state index is 5.49. The number of nitrogens with zero attached hydrogens (tertiary/aromatic N) is 3. The summed E-state index contributed by atoms with van der Waals surface area (Å²) in [6, 6.07) is 3.96. The van der Waals surface area contributed by atoms with Crippen LogP contribution in [-0.4, -0.2) is 28.4 Å². The predicted molar refractivity (Wildman–Crippen MR) is 65.0 cm³/mol. The maximum atomic E-state index is 5.49. The van der Waals surface area contributed by atoms with E-state index in [2.05, 4.69) is 25.9 Å². The van der Waals surface area contributed by atoms with Crippen LogP contribution < -0.4 is 0 Å². The molecule has 2 aromatic heterocycles. The lowest BCUT2D eigenvalue weighted by molar-refractivity contribution is 0.347. The summed E-state index contributed by atoms with van der Waals surface area (Å²) in [7, 11) is 0. The molecule has 0 bridgehead atoms. The molecule has 4 nitrogen and oxygen atoms in total. The summed E-state index contributed by atoms with van der Waals surface area (Å²) < 4.78 is 8.52. The Hall–Kier alpha value is -1.36. The third-order valence-electron chi connectivity index (χ3n) is 2.55. The zero-order valence-corrected chi connectivity index (χ0v) is 10.4. The zero-order valence-electron chi connectivity index (χ0n) is 8.77. The average molecular weight is 280 g/mol. The predicted octanol–water partition coefficient (Wildman–Crippen LogP) is 2.18. The molecule has 3 rings (SSSR count). The van der Waals surface area contributed by atoms with Crippen molar-refractivity contribution >= 4 is 27.5 Å². The highest BCUT2D eigenvalue weighted by Crippen LogP contribution is 2.19. The van der Waals surface area contributed by atoms with E-state index in [4.69, 9.17) is 4.74 Å². The molecule has 0 saturated carbocycles. The molecule has 1 aliphatic heterocycles. The van der Waals surface area contributed by atoms with E-state index in [0.717, 1.165) is 28.1 Å². The number of imidazole rings is 1. The van der Waals surface area contributed by atoms with E-state index >= 15 is 0 Å². The topological polar surface area (TPSA) is 38.9 Å². The number of halogens is 1. The van der Waals surface area contributed by atoms with E-state index in [1.807, 2.05) is 29.7 Å². The molecule has 3 heterocycles. The van der Waals surface area contributed by atoms with Crippen LogP contribution in [0.1, 0.15) is 11.4 Å². The van der Waals surface area contributed by atoms with Gasteiger partial charge in [0.2, 0.25) is 5.90 Å². The lowest BCUT2D eigenvalue weighted by Gasteiger charge is -2.02. The Balaban J connectivity index is 2.27. The summed E-state index contributed by atoms with van der Waals surface area (Å²) in [5.41, 5.74) is 2.80. The van der Waals surface area contributed by atoms with Gasteiger partial charge in [0.05, 0.1) is 12.2 Å². The summed E-state index contributed by atoms with van der Waals surface area (Å²) in [6.07, 6.45) is 1.97. The van der Waals surface area contributed by atoms with Crippen LogP contribution in [0.5, 0.6) is 0 Å². The van der Waals surface area contributed by atoms with Gasteiger partial charge in [0.25, 0.3) is 0 Å². The molecule has 0 saturated heterocycles. The molecule has 0 amide bonds. The number of fused-ring (bicyclic) bond motifs is 1. The van der Waals surface area contributed by atoms with Gasteiger partial charge in [-0.3, -0.25) is 4.40 Å². The molecule has 5 heteroatoms. The Morgan fingerprint density at radius 1 is 1.50 bits per heavy atom. The van der Waals surface area contributed by atoms with Gasteiger partial charge < -0.3 is 4.74 Å². The molecule has 0 fully saturated rings. The lowest BCUT2D eigenvalue weighted by atomic mass is 10.3. The van der Waals surface area contributed by atoms with Gasteiger partial charge in [-0.2, -0.15) is 0 Å². The number of aromatic nitrogens is 2. The standard InChI is InChI=1S/C11H10BrN3O/c1-7-10(11-13-3-5-16-11)15-4-2-8(12)6-9(15)14-7/h2,4,6H,3,5H2,1H3. The number of ether oxygens (including phenoxy) is 1. The molecule has 0 radical (unpaired) electrons. The van der Waals surface area contributed by atoms with E-state index in [0.29, 0.717) is 12.5 Å². The van der Waals surface area contributed by atoms with Crippen molar-refractivity contribution in [2.45, 2.75) is 6.92 Å². The lowest BCUT2D eigenvalue weighted by Crippen LogP contribution is -2.06. The molecule has 2 aromatic rings. The first-order chi connectivity index (χ1) is 7.75. The normalized spacial score (nSPS) is 15.2. The van der Waals surface area contributed by atoms with Crippen LogP contribution in [0.4, 0.5) is 0 Å². The summed E-state index contributed by atoms with van der Waals surface area (Å²) >= 11 is 3.43.